The molecule has 0 aliphatic heterocycles. The first-order valence-corrected chi connectivity index (χ1v) is 8.57. The lowest BCUT2D eigenvalue weighted by Gasteiger charge is -2.18. The van der Waals surface area contributed by atoms with Gasteiger partial charge < -0.3 is 0 Å². The Labute approximate surface area is 122 Å². The molecule has 1 aliphatic rings. The van der Waals surface area contributed by atoms with Gasteiger partial charge >= 0.3 is 0 Å². The van der Waals surface area contributed by atoms with Gasteiger partial charge in [-0.05, 0) is 49.8 Å². The predicted molar refractivity (Wildman–Crippen MR) is 87.3 cm³/mol. The van der Waals surface area contributed by atoms with Crippen molar-refractivity contribution in [3.05, 3.63) is 30.1 Å². The fraction of sp³-hybridized carbons (Fsp3) is 0.438. The Morgan fingerprint density at radius 1 is 1.20 bits per heavy atom. The van der Waals surface area contributed by atoms with Crippen molar-refractivity contribution in [2.24, 2.45) is 0 Å². The van der Waals surface area contributed by atoms with Gasteiger partial charge in [0.1, 0.15) is 5.52 Å². The Kier molecular flexibility index (Phi) is 4.13. The summed E-state index contributed by atoms with van der Waals surface area (Å²) < 4.78 is 3.81. The van der Waals surface area contributed by atoms with Crippen LogP contribution in [0.3, 0.4) is 0 Å². The molecule has 0 amide bonds. The van der Waals surface area contributed by atoms with Crippen LogP contribution in [0.2, 0.25) is 0 Å². The third-order valence-electron chi connectivity index (χ3n) is 3.80. The van der Waals surface area contributed by atoms with E-state index in [4.69, 9.17) is 0 Å². The van der Waals surface area contributed by atoms with Crippen molar-refractivity contribution < 1.29 is 0 Å². The van der Waals surface area contributed by atoms with Crippen molar-refractivity contribution >= 4 is 27.1 Å². The van der Waals surface area contributed by atoms with E-state index in [9.17, 15) is 0 Å². The molecule has 0 saturated heterocycles. The monoisotopic (exact) mass is 287 g/mol. The van der Waals surface area contributed by atoms with E-state index >= 15 is 0 Å². The molecule has 4 heteroatoms. The van der Waals surface area contributed by atoms with Crippen molar-refractivity contribution in [1.29, 1.82) is 0 Å². The van der Waals surface area contributed by atoms with Crippen molar-refractivity contribution in [2.45, 2.75) is 50.5 Å². The highest BCUT2D eigenvalue weighted by Gasteiger charge is 2.17. The standard InChI is InChI=1S/C16H21N3S/c1-3-20(19-13-6-4-5-7-13)15-11-12(2)10-14-16(15)18-9-8-17-14/h3,8-11,13,19H,4-7H2,1-2H3. The van der Waals surface area contributed by atoms with Crippen molar-refractivity contribution in [3.8, 4) is 0 Å². The minimum absolute atomic E-state index is 0.0470. The van der Waals surface area contributed by atoms with Gasteiger partial charge in [-0.3, -0.25) is 14.7 Å². The van der Waals surface area contributed by atoms with Gasteiger partial charge in [-0.1, -0.05) is 23.5 Å². The van der Waals surface area contributed by atoms with E-state index in [2.05, 4.69) is 46.0 Å². The molecular weight excluding hydrogens is 266 g/mol. The molecule has 1 aromatic heterocycles. The number of hydrogen-bond acceptors (Lipinski definition) is 3. The quantitative estimate of drug-likeness (QED) is 0.872. The molecule has 1 unspecified atom stereocenters. The summed E-state index contributed by atoms with van der Waals surface area (Å²) in [6, 6.07) is 5.02. The molecule has 1 saturated carbocycles. The molecule has 0 spiro atoms. The van der Waals surface area contributed by atoms with Crippen LogP contribution in [0.1, 0.15) is 38.2 Å². The third kappa shape index (κ3) is 2.76. The topological polar surface area (TPSA) is 37.8 Å². The molecule has 0 radical (unpaired) electrons. The maximum atomic E-state index is 4.55. The van der Waals surface area contributed by atoms with E-state index in [0.717, 1.165) is 11.0 Å². The number of nitrogens with one attached hydrogen (secondary N) is 1. The summed E-state index contributed by atoms with van der Waals surface area (Å²) in [5.74, 6) is 0. The van der Waals surface area contributed by atoms with Crippen LogP contribution in [-0.2, 0) is 0 Å². The summed E-state index contributed by atoms with van der Waals surface area (Å²) in [7, 11) is -0.0470. The average molecular weight is 287 g/mol. The lowest BCUT2D eigenvalue weighted by Crippen LogP contribution is -2.21. The van der Waals surface area contributed by atoms with Gasteiger partial charge in [0, 0.05) is 23.3 Å². The van der Waals surface area contributed by atoms with Crippen LogP contribution in [0.25, 0.3) is 11.0 Å². The zero-order valence-corrected chi connectivity index (χ0v) is 12.9. The summed E-state index contributed by atoms with van der Waals surface area (Å²) in [5.41, 5.74) is 3.28. The van der Waals surface area contributed by atoms with E-state index in [0.29, 0.717) is 6.04 Å². The van der Waals surface area contributed by atoms with Gasteiger partial charge in [-0.2, -0.15) is 0 Å². The minimum atomic E-state index is -0.0470. The van der Waals surface area contributed by atoms with Crippen molar-refractivity contribution in [1.82, 2.24) is 14.7 Å². The van der Waals surface area contributed by atoms with Gasteiger partial charge in [0.15, 0.2) is 0 Å². The second kappa shape index (κ2) is 6.02. The van der Waals surface area contributed by atoms with Crippen LogP contribution >= 0.6 is 10.7 Å². The lowest BCUT2D eigenvalue weighted by molar-refractivity contribution is 0.657. The summed E-state index contributed by atoms with van der Waals surface area (Å²) >= 11 is 0. The molecule has 1 N–H and O–H groups in total. The third-order valence-corrected chi connectivity index (χ3v) is 5.65. The van der Waals surface area contributed by atoms with E-state index in [1.54, 1.807) is 12.4 Å². The highest BCUT2D eigenvalue weighted by Crippen LogP contribution is 2.32. The van der Waals surface area contributed by atoms with Crippen molar-refractivity contribution in [3.63, 3.8) is 0 Å². The number of nitrogens with zero attached hydrogens (tertiary/aromatic N) is 2. The Morgan fingerprint density at radius 2 is 1.95 bits per heavy atom. The molecule has 1 aliphatic carbocycles. The maximum absolute atomic E-state index is 4.55. The van der Waals surface area contributed by atoms with Crippen molar-refractivity contribution in [2.75, 3.05) is 0 Å². The highest BCUT2D eigenvalue weighted by atomic mass is 32.2. The van der Waals surface area contributed by atoms with E-state index in [1.807, 2.05) is 0 Å². The molecule has 3 rings (SSSR count). The Morgan fingerprint density at radius 3 is 2.70 bits per heavy atom. The first-order chi connectivity index (χ1) is 9.78. The zero-order chi connectivity index (χ0) is 13.9. The molecule has 0 bridgehead atoms. The molecular formula is C16H21N3S. The average Bonchev–Trinajstić information content (AvgIpc) is 2.97. The molecule has 106 valence electrons. The number of benzene rings is 1. The van der Waals surface area contributed by atoms with Crippen LogP contribution in [0.4, 0.5) is 0 Å². The van der Waals surface area contributed by atoms with Gasteiger partial charge in [0.25, 0.3) is 0 Å². The largest absolute Gasteiger partial charge is 0.263 e. The summed E-state index contributed by atoms with van der Waals surface area (Å²) in [4.78, 5) is 10.3. The van der Waals surface area contributed by atoms with E-state index in [1.165, 1.54) is 36.1 Å². The van der Waals surface area contributed by atoms with Crippen LogP contribution in [-0.4, -0.2) is 21.4 Å². The molecule has 1 aromatic carbocycles. The van der Waals surface area contributed by atoms with Gasteiger partial charge in [-0.15, -0.1) is 0 Å². The number of fused-ring (bicyclic) bond motifs is 1. The molecule has 2 aromatic rings. The van der Waals surface area contributed by atoms with Crippen LogP contribution in [0, 0.1) is 6.92 Å². The van der Waals surface area contributed by atoms with Crippen LogP contribution in [0.5, 0.6) is 0 Å². The first kappa shape index (κ1) is 13.7. The lowest BCUT2D eigenvalue weighted by atomic mass is 10.2. The fourth-order valence-corrected chi connectivity index (χ4v) is 4.62. The first-order valence-electron chi connectivity index (χ1n) is 7.28. The van der Waals surface area contributed by atoms with Gasteiger partial charge in [-0.25, -0.2) is 0 Å². The summed E-state index contributed by atoms with van der Waals surface area (Å²) in [5, 5.41) is 2.27. The number of aryl methyl sites for hydroxylation is 1. The molecule has 1 heterocycles. The fourth-order valence-electron chi connectivity index (χ4n) is 2.83. The Balaban J connectivity index is 2.02. The van der Waals surface area contributed by atoms with Crippen LogP contribution < -0.4 is 4.72 Å². The predicted octanol–water partition coefficient (Wildman–Crippen LogP) is 3.84. The van der Waals surface area contributed by atoms with Gasteiger partial charge in [0.05, 0.1) is 5.52 Å². The molecule has 1 atom stereocenters. The van der Waals surface area contributed by atoms with E-state index < -0.39 is 0 Å². The maximum Gasteiger partial charge on any atom is 0.103 e. The Bertz CT molecular complexity index is 645. The Hall–Kier alpha value is -1.26. The zero-order valence-electron chi connectivity index (χ0n) is 12.1. The smallest absolute Gasteiger partial charge is 0.103 e. The van der Waals surface area contributed by atoms with E-state index in [-0.39, 0.29) is 10.7 Å². The minimum Gasteiger partial charge on any atom is -0.263 e. The number of hydrogen-bond donors (Lipinski definition) is 1. The molecule has 20 heavy (non-hydrogen) atoms. The normalized spacial score (nSPS) is 17.9. The van der Waals surface area contributed by atoms with Crippen LogP contribution in [0.15, 0.2) is 29.4 Å². The summed E-state index contributed by atoms with van der Waals surface area (Å²) in [6.07, 6.45) is 8.86. The second-order valence-electron chi connectivity index (χ2n) is 5.36. The number of rotatable bonds is 3. The highest BCUT2D eigenvalue weighted by molar-refractivity contribution is 8.13. The molecule has 1 fully saturated rings. The van der Waals surface area contributed by atoms with Gasteiger partial charge in [0.2, 0.25) is 0 Å². The second-order valence-corrected chi connectivity index (χ2v) is 7.18. The number of aromatic nitrogens is 2. The SMILES string of the molecule is C/C=S(/NC1CCCC1)c1cc(C)cc2nccnc12. The summed E-state index contributed by atoms with van der Waals surface area (Å²) in [6.45, 7) is 4.26. The molecule has 3 nitrogen and oxygen atoms in total.